The van der Waals surface area contributed by atoms with Crippen LogP contribution in [-0.2, 0) is 9.53 Å². The van der Waals surface area contributed by atoms with Crippen LogP contribution in [0, 0.1) is 18.7 Å². The summed E-state index contributed by atoms with van der Waals surface area (Å²) in [4.78, 5) is 12.0. The van der Waals surface area contributed by atoms with Crippen LogP contribution in [0.3, 0.4) is 0 Å². The Morgan fingerprint density at radius 2 is 2.10 bits per heavy atom. The Morgan fingerprint density at radius 1 is 1.45 bits per heavy atom. The van der Waals surface area contributed by atoms with E-state index in [1.807, 2.05) is 0 Å². The zero-order chi connectivity index (χ0) is 13.8. The topological polar surface area (TPSA) is 64.4 Å². The van der Waals surface area contributed by atoms with Crippen molar-refractivity contribution in [1.29, 1.82) is 0 Å². The molecule has 1 heterocycles. The van der Waals surface area contributed by atoms with Crippen LogP contribution in [0.25, 0.3) is 0 Å². The first-order valence-electron chi connectivity index (χ1n) is 6.48. The number of carbonyl (C=O) groups is 1. The molecule has 1 amide bonds. The van der Waals surface area contributed by atoms with Gasteiger partial charge in [0.25, 0.3) is 0 Å². The minimum Gasteiger partial charge on any atom is -0.381 e. The summed E-state index contributed by atoms with van der Waals surface area (Å²) in [7, 11) is 0. The first-order chi connectivity index (χ1) is 9.08. The number of ether oxygens (including phenoxy) is 1. The number of halogens is 2. The van der Waals surface area contributed by atoms with Crippen molar-refractivity contribution in [1.82, 2.24) is 0 Å². The SMILES string of the molecule is Cc1ccc(NC(=O)C(N)C2CCOCC2)c(F)c1.Cl. The highest BCUT2D eigenvalue weighted by Crippen LogP contribution is 2.20. The second-order valence-electron chi connectivity index (χ2n) is 4.95. The number of aryl methyl sites for hydroxylation is 1. The molecule has 0 saturated carbocycles. The van der Waals surface area contributed by atoms with Gasteiger partial charge in [0.05, 0.1) is 11.7 Å². The fourth-order valence-corrected chi connectivity index (χ4v) is 2.23. The molecule has 0 spiro atoms. The lowest BCUT2D eigenvalue weighted by Crippen LogP contribution is -2.44. The Bertz CT molecular complexity index is 464. The average Bonchev–Trinajstić information content (AvgIpc) is 2.42. The zero-order valence-electron chi connectivity index (χ0n) is 11.4. The van der Waals surface area contributed by atoms with E-state index >= 15 is 0 Å². The van der Waals surface area contributed by atoms with Gasteiger partial charge in [0.2, 0.25) is 5.91 Å². The van der Waals surface area contributed by atoms with Crippen LogP contribution in [0.15, 0.2) is 18.2 Å². The van der Waals surface area contributed by atoms with Crippen LogP contribution in [-0.4, -0.2) is 25.2 Å². The smallest absolute Gasteiger partial charge is 0.241 e. The van der Waals surface area contributed by atoms with Gasteiger partial charge in [-0.05, 0) is 43.4 Å². The van der Waals surface area contributed by atoms with Gasteiger partial charge in [0.1, 0.15) is 5.82 Å². The fraction of sp³-hybridized carbons (Fsp3) is 0.500. The first kappa shape index (κ1) is 16.9. The molecule has 0 radical (unpaired) electrons. The molecule has 0 aromatic heterocycles. The van der Waals surface area contributed by atoms with Crippen molar-refractivity contribution in [3.63, 3.8) is 0 Å². The Hall–Kier alpha value is -1.17. The molecule has 1 aliphatic heterocycles. The van der Waals surface area contributed by atoms with Gasteiger partial charge < -0.3 is 15.8 Å². The van der Waals surface area contributed by atoms with Gasteiger partial charge in [-0.3, -0.25) is 4.79 Å². The average molecular weight is 303 g/mol. The molecule has 1 atom stereocenters. The molecule has 6 heteroatoms. The van der Waals surface area contributed by atoms with Crippen molar-refractivity contribution in [2.75, 3.05) is 18.5 Å². The van der Waals surface area contributed by atoms with Crippen molar-refractivity contribution in [2.45, 2.75) is 25.8 Å². The number of nitrogens with one attached hydrogen (secondary N) is 1. The summed E-state index contributed by atoms with van der Waals surface area (Å²) in [6, 6.07) is 4.07. The molecular weight excluding hydrogens is 283 g/mol. The summed E-state index contributed by atoms with van der Waals surface area (Å²) in [5, 5.41) is 2.55. The summed E-state index contributed by atoms with van der Waals surface area (Å²) in [5.74, 6) is -0.676. The van der Waals surface area contributed by atoms with Crippen LogP contribution >= 0.6 is 12.4 Å². The van der Waals surface area contributed by atoms with E-state index < -0.39 is 11.9 Å². The van der Waals surface area contributed by atoms with Crippen LogP contribution in [0.2, 0.25) is 0 Å². The highest BCUT2D eigenvalue weighted by atomic mass is 35.5. The van der Waals surface area contributed by atoms with Gasteiger partial charge in [-0.1, -0.05) is 6.07 Å². The number of carbonyl (C=O) groups excluding carboxylic acids is 1. The predicted octanol–water partition coefficient (Wildman–Crippen LogP) is 2.25. The molecule has 112 valence electrons. The Balaban J connectivity index is 0.00000200. The molecule has 1 saturated heterocycles. The normalized spacial score (nSPS) is 17.1. The van der Waals surface area contributed by atoms with Gasteiger partial charge in [-0.2, -0.15) is 0 Å². The van der Waals surface area contributed by atoms with Crippen molar-refractivity contribution in [2.24, 2.45) is 11.7 Å². The van der Waals surface area contributed by atoms with Crippen molar-refractivity contribution in [3.8, 4) is 0 Å². The minimum atomic E-state index is -0.621. The zero-order valence-corrected chi connectivity index (χ0v) is 12.2. The highest BCUT2D eigenvalue weighted by Gasteiger charge is 2.26. The maximum absolute atomic E-state index is 13.6. The number of hydrogen-bond acceptors (Lipinski definition) is 3. The third-order valence-corrected chi connectivity index (χ3v) is 3.46. The van der Waals surface area contributed by atoms with E-state index in [0.29, 0.717) is 13.2 Å². The summed E-state index contributed by atoms with van der Waals surface area (Å²) in [5.41, 5.74) is 6.92. The van der Waals surface area contributed by atoms with Gasteiger partial charge in [-0.15, -0.1) is 12.4 Å². The van der Waals surface area contributed by atoms with Gasteiger partial charge >= 0.3 is 0 Å². The minimum absolute atomic E-state index is 0. The van der Waals surface area contributed by atoms with E-state index in [-0.39, 0.29) is 29.9 Å². The third kappa shape index (κ3) is 4.16. The number of amides is 1. The molecule has 1 aliphatic rings. The van der Waals surface area contributed by atoms with Gasteiger partial charge in [0.15, 0.2) is 0 Å². The van der Waals surface area contributed by atoms with Crippen LogP contribution in [0.4, 0.5) is 10.1 Å². The quantitative estimate of drug-likeness (QED) is 0.900. The fourth-order valence-electron chi connectivity index (χ4n) is 2.23. The lowest BCUT2D eigenvalue weighted by Gasteiger charge is -2.26. The van der Waals surface area contributed by atoms with Gasteiger partial charge in [0, 0.05) is 13.2 Å². The van der Waals surface area contributed by atoms with Crippen LogP contribution < -0.4 is 11.1 Å². The molecule has 1 unspecified atom stereocenters. The molecule has 1 fully saturated rings. The van der Waals surface area contributed by atoms with E-state index in [1.165, 1.54) is 6.07 Å². The molecular formula is C14H20ClFN2O2. The third-order valence-electron chi connectivity index (χ3n) is 3.46. The Morgan fingerprint density at radius 3 is 2.70 bits per heavy atom. The molecule has 0 aliphatic carbocycles. The maximum Gasteiger partial charge on any atom is 0.241 e. The van der Waals surface area contributed by atoms with E-state index in [0.717, 1.165) is 18.4 Å². The van der Waals surface area contributed by atoms with Gasteiger partial charge in [-0.25, -0.2) is 4.39 Å². The Kier molecular flexibility index (Phi) is 6.39. The standard InChI is InChI=1S/C14H19FN2O2.ClH/c1-9-2-3-12(11(15)8-9)17-14(18)13(16)10-4-6-19-7-5-10;/h2-3,8,10,13H,4-7,16H2,1H3,(H,17,18);1H. The molecule has 2 rings (SSSR count). The molecule has 3 N–H and O–H groups in total. The van der Waals surface area contributed by atoms with Crippen LogP contribution in [0.1, 0.15) is 18.4 Å². The lowest BCUT2D eigenvalue weighted by molar-refractivity contribution is -0.119. The molecule has 4 nitrogen and oxygen atoms in total. The van der Waals surface area contributed by atoms with E-state index in [2.05, 4.69) is 5.32 Å². The number of nitrogens with two attached hydrogens (primary N) is 1. The lowest BCUT2D eigenvalue weighted by atomic mass is 9.92. The molecule has 1 aromatic rings. The number of rotatable bonds is 3. The Labute approximate surface area is 124 Å². The second-order valence-corrected chi connectivity index (χ2v) is 4.95. The van der Waals surface area contributed by atoms with Crippen molar-refractivity contribution in [3.05, 3.63) is 29.6 Å². The molecule has 0 bridgehead atoms. The summed E-state index contributed by atoms with van der Waals surface area (Å²) >= 11 is 0. The van der Waals surface area contributed by atoms with Crippen LogP contribution in [0.5, 0.6) is 0 Å². The summed E-state index contributed by atoms with van der Waals surface area (Å²) in [6.45, 7) is 3.05. The van der Waals surface area contributed by atoms with Crippen molar-refractivity contribution < 1.29 is 13.9 Å². The van der Waals surface area contributed by atoms with E-state index in [1.54, 1.807) is 19.1 Å². The van der Waals surface area contributed by atoms with Crippen molar-refractivity contribution >= 4 is 24.0 Å². The molecule has 1 aromatic carbocycles. The monoisotopic (exact) mass is 302 g/mol. The van der Waals surface area contributed by atoms with E-state index in [4.69, 9.17) is 10.5 Å². The van der Waals surface area contributed by atoms with E-state index in [9.17, 15) is 9.18 Å². The largest absolute Gasteiger partial charge is 0.381 e. The number of anilines is 1. The number of hydrogen-bond donors (Lipinski definition) is 2. The highest BCUT2D eigenvalue weighted by molar-refractivity contribution is 5.95. The summed E-state index contributed by atoms with van der Waals surface area (Å²) in [6.07, 6.45) is 1.54. The predicted molar refractivity (Wildman–Crippen MR) is 78.5 cm³/mol. The molecule has 20 heavy (non-hydrogen) atoms. The maximum atomic E-state index is 13.6. The first-order valence-corrected chi connectivity index (χ1v) is 6.48. The second kappa shape index (κ2) is 7.57. The summed E-state index contributed by atoms with van der Waals surface area (Å²) < 4.78 is 18.9. The number of benzene rings is 1.